The molecule has 9 nitrogen and oxygen atoms in total. The van der Waals surface area contributed by atoms with E-state index in [4.69, 9.17) is 23.7 Å². The van der Waals surface area contributed by atoms with E-state index in [1.807, 2.05) is 32.9 Å². The van der Waals surface area contributed by atoms with Gasteiger partial charge in [0.15, 0.2) is 27.8 Å². The van der Waals surface area contributed by atoms with Gasteiger partial charge in [0.25, 0.3) is 5.56 Å². The third kappa shape index (κ3) is 6.20. The Bertz CT molecular complexity index is 1670. The monoisotopic (exact) mass is 644 g/mol. The van der Waals surface area contributed by atoms with Crippen molar-refractivity contribution in [2.75, 3.05) is 27.4 Å². The van der Waals surface area contributed by atoms with Gasteiger partial charge in [-0.15, -0.1) is 0 Å². The van der Waals surface area contributed by atoms with E-state index >= 15 is 0 Å². The Morgan fingerprint density at radius 2 is 1.83 bits per heavy atom. The Morgan fingerprint density at radius 3 is 2.46 bits per heavy atom. The second-order valence-corrected chi connectivity index (χ2v) is 11.3. The SMILES string of the molecule is CCOC(=O)C1=C(C)N=c2s/c(=C/c3cc(Br)cc(OC)c3OCC)c(=O)n2[C@@H]1c1ccc(OC(C)C)c(OC)c1. The van der Waals surface area contributed by atoms with E-state index in [-0.39, 0.29) is 23.8 Å². The smallest absolute Gasteiger partial charge is 0.338 e. The zero-order valence-corrected chi connectivity index (χ0v) is 26.5. The second kappa shape index (κ2) is 12.9. The average Bonchev–Trinajstić information content (AvgIpc) is 3.23. The number of benzene rings is 2. The molecule has 1 aliphatic heterocycles. The van der Waals surface area contributed by atoms with Gasteiger partial charge >= 0.3 is 5.97 Å². The molecule has 1 aliphatic rings. The first-order chi connectivity index (χ1) is 19.6. The van der Waals surface area contributed by atoms with Gasteiger partial charge in [0, 0.05) is 10.0 Å². The molecule has 0 N–H and O–H groups in total. The third-order valence-corrected chi connectivity index (χ3v) is 7.67. The van der Waals surface area contributed by atoms with E-state index < -0.39 is 12.0 Å². The summed E-state index contributed by atoms with van der Waals surface area (Å²) in [5.74, 6) is 1.57. The molecule has 0 saturated heterocycles. The van der Waals surface area contributed by atoms with Gasteiger partial charge in [0.05, 0.1) is 55.4 Å². The number of hydrogen-bond acceptors (Lipinski definition) is 9. The van der Waals surface area contributed by atoms with E-state index in [2.05, 4.69) is 20.9 Å². The number of methoxy groups -OCH3 is 2. The number of carbonyl (C=O) groups excluding carboxylic acids is 1. The number of aromatic nitrogens is 1. The lowest BCUT2D eigenvalue weighted by Crippen LogP contribution is -2.40. The van der Waals surface area contributed by atoms with Crippen molar-refractivity contribution in [1.29, 1.82) is 0 Å². The topological polar surface area (TPSA) is 97.6 Å². The van der Waals surface area contributed by atoms with Gasteiger partial charge < -0.3 is 23.7 Å². The van der Waals surface area contributed by atoms with Gasteiger partial charge in [0.1, 0.15) is 0 Å². The normalized spacial score (nSPS) is 15.0. The van der Waals surface area contributed by atoms with Crippen LogP contribution in [0.4, 0.5) is 0 Å². The van der Waals surface area contributed by atoms with Crippen molar-refractivity contribution >= 4 is 39.3 Å². The second-order valence-electron chi connectivity index (χ2n) is 9.34. The number of hydrogen-bond donors (Lipinski definition) is 0. The highest BCUT2D eigenvalue weighted by Gasteiger charge is 2.34. The maximum absolute atomic E-state index is 14.1. The predicted octanol–water partition coefficient (Wildman–Crippen LogP) is 4.76. The molecule has 0 bridgehead atoms. The Hall–Kier alpha value is -3.57. The Labute approximate surface area is 250 Å². The van der Waals surface area contributed by atoms with E-state index in [0.29, 0.717) is 55.8 Å². The summed E-state index contributed by atoms with van der Waals surface area (Å²) in [5.41, 5.74) is 1.77. The molecule has 0 radical (unpaired) electrons. The van der Waals surface area contributed by atoms with E-state index in [1.165, 1.54) is 15.9 Å². The van der Waals surface area contributed by atoms with Crippen molar-refractivity contribution < 1.29 is 28.5 Å². The molecule has 41 heavy (non-hydrogen) atoms. The highest BCUT2D eigenvalue weighted by Crippen LogP contribution is 2.37. The minimum absolute atomic E-state index is 0.0668. The first kappa shape index (κ1) is 30.4. The lowest BCUT2D eigenvalue weighted by atomic mass is 9.95. The van der Waals surface area contributed by atoms with Crippen LogP contribution in [0.5, 0.6) is 23.0 Å². The van der Waals surface area contributed by atoms with E-state index in [1.54, 1.807) is 52.3 Å². The largest absolute Gasteiger partial charge is 0.493 e. The Balaban J connectivity index is 1.98. The Morgan fingerprint density at radius 1 is 1.10 bits per heavy atom. The molecule has 2 aromatic carbocycles. The van der Waals surface area contributed by atoms with Crippen molar-refractivity contribution in [3.05, 3.63) is 76.9 Å². The maximum atomic E-state index is 14.1. The molecular formula is C30H33BrN2O7S. The molecular weight excluding hydrogens is 612 g/mol. The lowest BCUT2D eigenvalue weighted by molar-refractivity contribution is -0.139. The van der Waals surface area contributed by atoms with Crippen molar-refractivity contribution in [3.63, 3.8) is 0 Å². The molecule has 0 aliphatic carbocycles. The van der Waals surface area contributed by atoms with E-state index in [0.717, 1.165) is 4.47 Å². The van der Waals surface area contributed by atoms with Crippen LogP contribution in [0, 0.1) is 0 Å². The minimum Gasteiger partial charge on any atom is -0.493 e. The lowest BCUT2D eigenvalue weighted by Gasteiger charge is -2.25. The van der Waals surface area contributed by atoms with Gasteiger partial charge in [-0.3, -0.25) is 9.36 Å². The third-order valence-electron chi connectivity index (χ3n) is 6.23. The first-order valence-electron chi connectivity index (χ1n) is 13.2. The van der Waals surface area contributed by atoms with Crippen molar-refractivity contribution in [3.8, 4) is 23.0 Å². The number of nitrogens with zero attached hydrogens (tertiary/aromatic N) is 2. The fourth-order valence-electron chi connectivity index (χ4n) is 4.60. The van der Waals surface area contributed by atoms with Crippen LogP contribution in [0.25, 0.3) is 6.08 Å². The minimum atomic E-state index is -0.794. The summed E-state index contributed by atoms with van der Waals surface area (Å²) in [5, 5.41) is 0. The summed E-state index contributed by atoms with van der Waals surface area (Å²) < 4.78 is 31.0. The molecule has 0 fully saturated rings. The van der Waals surface area contributed by atoms with Crippen LogP contribution >= 0.6 is 27.3 Å². The zero-order valence-electron chi connectivity index (χ0n) is 24.1. The number of fused-ring (bicyclic) bond motifs is 1. The van der Waals surface area contributed by atoms with Gasteiger partial charge in [-0.25, -0.2) is 9.79 Å². The molecule has 0 saturated carbocycles. The van der Waals surface area contributed by atoms with Crippen LogP contribution in [-0.2, 0) is 9.53 Å². The quantitative estimate of drug-likeness (QED) is 0.294. The molecule has 1 aromatic heterocycles. The fourth-order valence-corrected chi connectivity index (χ4v) is 6.09. The fraction of sp³-hybridized carbons (Fsp3) is 0.367. The highest BCUT2D eigenvalue weighted by molar-refractivity contribution is 9.10. The van der Waals surface area contributed by atoms with Gasteiger partial charge in [-0.2, -0.15) is 0 Å². The van der Waals surface area contributed by atoms with Crippen LogP contribution in [0.1, 0.15) is 51.8 Å². The van der Waals surface area contributed by atoms with Crippen LogP contribution in [0.3, 0.4) is 0 Å². The van der Waals surface area contributed by atoms with Gasteiger partial charge in [0.2, 0.25) is 0 Å². The van der Waals surface area contributed by atoms with Gasteiger partial charge in [-0.1, -0.05) is 33.3 Å². The van der Waals surface area contributed by atoms with Gasteiger partial charge in [-0.05, 0) is 70.5 Å². The number of ether oxygens (including phenoxy) is 5. The number of rotatable bonds is 10. The molecule has 11 heteroatoms. The molecule has 2 heterocycles. The van der Waals surface area contributed by atoms with Crippen LogP contribution < -0.4 is 33.8 Å². The predicted molar refractivity (Wildman–Crippen MR) is 161 cm³/mol. The van der Waals surface area contributed by atoms with Crippen LogP contribution in [0.2, 0.25) is 0 Å². The standard InChI is InChI=1S/C30H33BrN2O7S/c1-8-38-27-19(12-20(31)15-23(27)37-7)14-24-28(34)33-26(18-10-11-21(40-16(3)4)22(13-18)36-6)25(29(35)39-9-2)17(5)32-30(33)41-24/h10-16,26H,8-9H2,1-7H3/b24-14+/t26-/m1/s1. The molecule has 0 unspecified atom stereocenters. The summed E-state index contributed by atoms with van der Waals surface area (Å²) >= 11 is 4.74. The zero-order chi connectivity index (χ0) is 29.8. The number of allylic oxidation sites excluding steroid dienone is 1. The number of esters is 1. The maximum Gasteiger partial charge on any atom is 0.338 e. The van der Waals surface area contributed by atoms with E-state index in [9.17, 15) is 9.59 Å². The molecule has 0 spiro atoms. The summed E-state index contributed by atoms with van der Waals surface area (Å²) in [6, 6.07) is 8.26. The molecule has 1 atom stereocenters. The molecule has 4 rings (SSSR count). The summed E-state index contributed by atoms with van der Waals surface area (Å²) in [6.07, 6.45) is 1.69. The molecule has 3 aromatic rings. The summed E-state index contributed by atoms with van der Waals surface area (Å²) in [4.78, 5) is 32.4. The number of halogens is 1. The van der Waals surface area contributed by atoms with Crippen molar-refractivity contribution in [2.24, 2.45) is 4.99 Å². The Kier molecular flexibility index (Phi) is 9.60. The van der Waals surface area contributed by atoms with Crippen LogP contribution in [0.15, 0.2) is 55.9 Å². The van der Waals surface area contributed by atoms with Crippen molar-refractivity contribution in [1.82, 2.24) is 4.57 Å². The average molecular weight is 646 g/mol. The number of carbonyl (C=O) groups is 1. The highest BCUT2D eigenvalue weighted by atomic mass is 79.9. The summed E-state index contributed by atoms with van der Waals surface area (Å²) in [6.45, 7) is 9.81. The molecule has 0 amide bonds. The number of thiazole rings is 1. The van der Waals surface area contributed by atoms with Crippen molar-refractivity contribution in [2.45, 2.75) is 46.8 Å². The first-order valence-corrected chi connectivity index (χ1v) is 14.8. The molecule has 218 valence electrons. The summed E-state index contributed by atoms with van der Waals surface area (Å²) in [7, 11) is 3.11. The van der Waals surface area contributed by atoms with Crippen LogP contribution in [-0.4, -0.2) is 44.1 Å².